The largest absolute Gasteiger partial charge is 0.339 e. The number of nitriles is 1. The van der Waals surface area contributed by atoms with Gasteiger partial charge in [0.15, 0.2) is 0 Å². The van der Waals surface area contributed by atoms with Crippen LogP contribution in [0.2, 0.25) is 0 Å². The zero-order chi connectivity index (χ0) is 17.4. The van der Waals surface area contributed by atoms with Gasteiger partial charge in [0.05, 0.1) is 17.1 Å². The summed E-state index contributed by atoms with van der Waals surface area (Å²) in [6, 6.07) is 17.0. The van der Waals surface area contributed by atoms with E-state index in [1.54, 1.807) is 11.3 Å². The van der Waals surface area contributed by atoms with Gasteiger partial charge >= 0.3 is 0 Å². The van der Waals surface area contributed by atoms with E-state index >= 15 is 0 Å². The number of fused-ring (bicyclic) bond motifs is 3. The van der Waals surface area contributed by atoms with E-state index in [1.165, 1.54) is 47.7 Å². The van der Waals surface area contributed by atoms with Gasteiger partial charge in [-0.05, 0) is 67.3 Å². The van der Waals surface area contributed by atoms with Gasteiger partial charge in [0.25, 0.3) is 0 Å². The Morgan fingerprint density at radius 2 is 2.04 bits per heavy atom. The lowest BCUT2D eigenvalue weighted by Gasteiger charge is -2.25. The van der Waals surface area contributed by atoms with Crippen molar-refractivity contribution < 1.29 is 0 Å². The van der Waals surface area contributed by atoms with Crippen LogP contribution in [0.4, 0.5) is 0 Å². The molecule has 3 aromatic rings. The number of benzene rings is 2. The summed E-state index contributed by atoms with van der Waals surface area (Å²) in [7, 11) is 0. The molecule has 1 atom stereocenters. The minimum atomic E-state index is 0.648. The van der Waals surface area contributed by atoms with Crippen molar-refractivity contribution in [1.82, 2.24) is 4.57 Å². The Bertz CT molecular complexity index is 972. The molecule has 1 aliphatic rings. The van der Waals surface area contributed by atoms with Crippen molar-refractivity contribution in [2.45, 2.75) is 52.0 Å². The molecule has 0 spiro atoms. The highest BCUT2D eigenvalue weighted by Gasteiger charge is 2.27. The van der Waals surface area contributed by atoms with Gasteiger partial charge < -0.3 is 4.57 Å². The quantitative estimate of drug-likeness (QED) is 0.606. The normalized spacial score (nSPS) is 16.6. The fraction of sp³-hybridized carbons (Fsp3) is 0.348. The smallest absolute Gasteiger partial charge is 0.0991 e. The Kier molecular flexibility index (Phi) is 4.09. The average Bonchev–Trinajstić information content (AvgIpc) is 2.97. The number of aromatic nitrogens is 1. The van der Waals surface area contributed by atoms with E-state index in [1.807, 2.05) is 18.2 Å². The first kappa shape index (κ1) is 16.0. The summed E-state index contributed by atoms with van der Waals surface area (Å²) in [5, 5.41) is 10.7. The second-order valence-corrected chi connectivity index (χ2v) is 7.23. The molecule has 2 heteroatoms. The second-order valence-electron chi connectivity index (χ2n) is 7.23. The third-order valence-electron chi connectivity index (χ3n) is 5.69. The zero-order valence-electron chi connectivity index (χ0n) is 15.0. The van der Waals surface area contributed by atoms with E-state index in [2.05, 4.69) is 48.7 Å². The Labute approximate surface area is 149 Å². The fourth-order valence-corrected chi connectivity index (χ4v) is 4.56. The summed E-state index contributed by atoms with van der Waals surface area (Å²) in [4.78, 5) is 0. The highest BCUT2D eigenvalue weighted by molar-refractivity contribution is 5.88. The summed E-state index contributed by atoms with van der Waals surface area (Å²) in [5.74, 6) is 0.648. The standard InChI is InChI=1S/C23H24N2/c1-3-19-10-6-12-21-20-11-4-7-16(2)22(20)25(23(19)21)15-18-9-5-8-17(13-18)14-24/h4-5,7-9,11,13,19H,3,6,10,12,15H2,1-2H3. The molecule has 4 rings (SSSR count). The van der Waals surface area contributed by atoms with E-state index in [4.69, 9.17) is 0 Å². The summed E-state index contributed by atoms with van der Waals surface area (Å²) in [5.41, 5.74) is 7.79. The maximum absolute atomic E-state index is 9.22. The summed E-state index contributed by atoms with van der Waals surface area (Å²) >= 11 is 0. The Balaban J connectivity index is 1.94. The van der Waals surface area contributed by atoms with Gasteiger partial charge in [-0.15, -0.1) is 0 Å². The number of aryl methyl sites for hydroxylation is 2. The van der Waals surface area contributed by atoms with Crippen molar-refractivity contribution >= 4 is 10.9 Å². The highest BCUT2D eigenvalue weighted by Crippen LogP contribution is 2.41. The van der Waals surface area contributed by atoms with E-state index in [0.717, 1.165) is 12.1 Å². The summed E-state index contributed by atoms with van der Waals surface area (Å²) in [6.45, 7) is 5.38. The molecule has 1 aliphatic carbocycles. The van der Waals surface area contributed by atoms with E-state index < -0.39 is 0 Å². The Morgan fingerprint density at radius 1 is 1.20 bits per heavy atom. The average molecular weight is 328 g/mol. The van der Waals surface area contributed by atoms with Gasteiger partial charge in [-0.3, -0.25) is 0 Å². The Morgan fingerprint density at radius 3 is 2.84 bits per heavy atom. The van der Waals surface area contributed by atoms with Crippen molar-refractivity contribution in [1.29, 1.82) is 5.26 Å². The number of hydrogen-bond acceptors (Lipinski definition) is 1. The molecule has 0 N–H and O–H groups in total. The monoisotopic (exact) mass is 328 g/mol. The topological polar surface area (TPSA) is 28.7 Å². The van der Waals surface area contributed by atoms with Gasteiger partial charge in [-0.2, -0.15) is 5.26 Å². The molecule has 25 heavy (non-hydrogen) atoms. The molecule has 126 valence electrons. The number of para-hydroxylation sites is 1. The fourth-order valence-electron chi connectivity index (χ4n) is 4.56. The summed E-state index contributed by atoms with van der Waals surface area (Å²) < 4.78 is 2.55. The van der Waals surface area contributed by atoms with Crippen LogP contribution in [0.1, 0.15) is 60.1 Å². The van der Waals surface area contributed by atoms with E-state index in [9.17, 15) is 5.26 Å². The molecule has 1 unspecified atom stereocenters. The molecule has 0 saturated carbocycles. The van der Waals surface area contributed by atoms with Gasteiger partial charge in [0.2, 0.25) is 0 Å². The van der Waals surface area contributed by atoms with Crippen LogP contribution in [0.5, 0.6) is 0 Å². The second kappa shape index (κ2) is 6.41. The molecule has 0 aliphatic heterocycles. The van der Waals surface area contributed by atoms with Gasteiger partial charge in [-0.25, -0.2) is 0 Å². The van der Waals surface area contributed by atoms with E-state index in [0.29, 0.717) is 5.92 Å². The molecule has 0 fully saturated rings. The van der Waals surface area contributed by atoms with Crippen LogP contribution >= 0.6 is 0 Å². The molecule has 2 nitrogen and oxygen atoms in total. The third kappa shape index (κ3) is 2.65. The molecule has 2 aromatic carbocycles. The van der Waals surface area contributed by atoms with Crippen LogP contribution < -0.4 is 0 Å². The maximum atomic E-state index is 9.22. The predicted molar refractivity (Wildman–Crippen MR) is 103 cm³/mol. The molecular weight excluding hydrogens is 304 g/mol. The third-order valence-corrected chi connectivity index (χ3v) is 5.69. The lowest BCUT2D eigenvalue weighted by Crippen LogP contribution is -2.14. The minimum Gasteiger partial charge on any atom is -0.339 e. The number of hydrogen-bond donors (Lipinski definition) is 0. The first-order valence-electron chi connectivity index (χ1n) is 9.32. The lowest BCUT2D eigenvalue weighted by molar-refractivity contribution is 0.508. The molecule has 0 bridgehead atoms. The van der Waals surface area contributed by atoms with E-state index in [-0.39, 0.29) is 0 Å². The Hall–Kier alpha value is -2.53. The van der Waals surface area contributed by atoms with Crippen molar-refractivity contribution in [2.24, 2.45) is 0 Å². The van der Waals surface area contributed by atoms with Crippen LogP contribution in [-0.4, -0.2) is 4.57 Å². The highest BCUT2D eigenvalue weighted by atomic mass is 15.0. The molecule has 1 heterocycles. The van der Waals surface area contributed by atoms with Gasteiger partial charge in [0, 0.05) is 17.6 Å². The number of rotatable bonds is 3. The molecule has 0 radical (unpaired) electrons. The molecular formula is C23H24N2. The predicted octanol–water partition coefficient (Wildman–Crippen LogP) is 5.70. The zero-order valence-corrected chi connectivity index (χ0v) is 15.0. The first-order chi connectivity index (χ1) is 12.2. The molecule has 0 saturated heterocycles. The van der Waals surface area contributed by atoms with Crippen LogP contribution in [0.15, 0.2) is 42.5 Å². The number of nitrogens with zero attached hydrogens (tertiary/aromatic N) is 2. The van der Waals surface area contributed by atoms with Gasteiger partial charge in [-0.1, -0.05) is 37.3 Å². The van der Waals surface area contributed by atoms with Gasteiger partial charge in [0.1, 0.15) is 0 Å². The van der Waals surface area contributed by atoms with Crippen LogP contribution in [0.25, 0.3) is 10.9 Å². The molecule has 1 aromatic heterocycles. The SMILES string of the molecule is CCC1CCCc2c1n(Cc1cccc(C#N)c1)c1c(C)cccc21. The van der Waals surface area contributed by atoms with Crippen molar-refractivity contribution in [3.63, 3.8) is 0 Å². The van der Waals surface area contributed by atoms with Crippen molar-refractivity contribution in [2.75, 3.05) is 0 Å². The van der Waals surface area contributed by atoms with Crippen LogP contribution in [-0.2, 0) is 13.0 Å². The van der Waals surface area contributed by atoms with Crippen molar-refractivity contribution in [3.8, 4) is 6.07 Å². The molecule has 0 amide bonds. The maximum Gasteiger partial charge on any atom is 0.0991 e. The lowest BCUT2D eigenvalue weighted by atomic mass is 9.85. The summed E-state index contributed by atoms with van der Waals surface area (Å²) in [6.07, 6.45) is 4.97. The van der Waals surface area contributed by atoms with Crippen LogP contribution in [0, 0.1) is 18.3 Å². The minimum absolute atomic E-state index is 0.648. The van der Waals surface area contributed by atoms with Crippen LogP contribution in [0.3, 0.4) is 0 Å². The van der Waals surface area contributed by atoms with Crippen molar-refractivity contribution in [3.05, 3.63) is 70.4 Å². The first-order valence-corrected chi connectivity index (χ1v) is 9.32.